The highest BCUT2D eigenvalue weighted by Crippen LogP contribution is 2.21. The lowest BCUT2D eigenvalue weighted by Crippen LogP contribution is -2.42. The van der Waals surface area contributed by atoms with Gasteiger partial charge in [0.25, 0.3) is 0 Å². The molecule has 0 saturated heterocycles. The molecule has 7 heteroatoms. The molecular weight excluding hydrogens is 261 g/mol. The third kappa shape index (κ3) is 6.24. The summed E-state index contributed by atoms with van der Waals surface area (Å²) in [5.74, 6) is -0.178. The van der Waals surface area contributed by atoms with Crippen molar-refractivity contribution in [2.45, 2.75) is 50.4 Å². The van der Waals surface area contributed by atoms with Gasteiger partial charge in [-0.1, -0.05) is 0 Å². The largest absolute Gasteiger partial charge is 0.411 e. The Kier molecular flexibility index (Phi) is 6.06. The van der Waals surface area contributed by atoms with Crippen molar-refractivity contribution in [3.8, 4) is 0 Å². The summed E-state index contributed by atoms with van der Waals surface area (Å²) < 4.78 is 39.9. The van der Waals surface area contributed by atoms with Crippen molar-refractivity contribution in [2.75, 3.05) is 20.3 Å². The Labute approximate surface area is 111 Å². The van der Waals surface area contributed by atoms with Crippen LogP contribution in [0.3, 0.4) is 0 Å². The van der Waals surface area contributed by atoms with E-state index in [0.717, 1.165) is 25.7 Å². The molecule has 1 rings (SSSR count). The SMILES string of the molecule is CN(C(=O)CCOCC(F)(F)F)C1CCC(N)CC1. The molecule has 1 aliphatic rings. The number of amides is 1. The molecule has 2 N–H and O–H groups in total. The number of ether oxygens (including phenoxy) is 1. The second-order valence-corrected chi connectivity index (χ2v) is 4.99. The molecule has 0 spiro atoms. The molecule has 0 radical (unpaired) electrons. The van der Waals surface area contributed by atoms with Crippen LogP contribution in [0, 0.1) is 0 Å². The first-order valence-corrected chi connectivity index (χ1v) is 6.45. The summed E-state index contributed by atoms with van der Waals surface area (Å²) in [6.07, 6.45) is -0.886. The van der Waals surface area contributed by atoms with E-state index >= 15 is 0 Å². The van der Waals surface area contributed by atoms with Crippen molar-refractivity contribution < 1.29 is 22.7 Å². The number of rotatable bonds is 5. The predicted octanol–water partition coefficient (Wildman–Crippen LogP) is 1.68. The quantitative estimate of drug-likeness (QED) is 0.781. The van der Waals surface area contributed by atoms with Gasteiger partial charge in [-0.25, -0.2) is 0 Å². The van der Waals surface area contributed by atoms with Crippen LogP contribution in [-0.4, -0.2) is 49.3 Å². The molecule has 0 unspecified atom stereocenters. The summed E-state index contributed by atoms with van der Waals surface area (Å²) in [5.41, 5.74) is 5.78. The molecule has 0 heterocycles. The zero-order valence-electron chi connectivity index (χ0n) is 11.1. The first kappa shape index (κ1) is 16.2. The molecule has 0 aliphatic heterocycles. The van der Waals surface area contributed by atoms with Crippen LogP contribution in [0.15, 0.2) is 0 Å². The number of carbonyl (C=O) groups excluding carboxylic acids is 1. The lowest BCUT2D eigenvalue weighted by atomic mass is 9.91. The molecule has 112 valence electrons. The van der Waals surface area contributed by atoms with Gasteiger partial charge >= 0.3 is 6.18 Å². The summed E-state index contributed by atoms with van der Waals surface area (Å²) in [6.45, 7) is -1.50. The Morgan fingerprint density at radius 2 is 1.89 bits per heavy atom. The third-order valence-corrected chi connectivity index (χ3v) is 3.41. The zero-order chi connectivity index (χ0) is 14.5. The fourth-order valence-electron chi connectivity index (χ4n) is 2.22. The Morgan fingerprint density at radius 1 is 1.32 bits per heavy atom. The van der Waals surface area contributed by atoms with Gasteiger partial charge in [0, 0.05) is 19.1 Å². The maximum atomic E-state index is 11.8. The van der Waals surface area contributed by atoms with Crippen LogP contribution < -0.4 is 5.73 Å². The molecule has 0 atom stereocenters. The fraction of sp³-hybridized carbons (Fsp3) is 0.917. The first-order chi connectivity index (χ1) is 8.79. The average Bonchev–Trinajstić information content (AvgIpc) is 2.33. The summed E-state index contributed by atoms with van der Waals surface area (Å²) in [4.78, 5) is 13.4. The Morgan fingerprint density at radius 3 is 2.42 bits per heavy atom. The van der Waals surface area contributed by atoms with Gasteiger partial charge in [-0.15, -0.1) is 0 Å². The standard InChI is InChI=1S/C12H21F3N2O2/c1-17(10-4-2-9(16)3-5-10)11(18)6-7-19-8-12(13,14)15/h9-10H,2-8,16H2,1H3. The second kappa shape index (κ2) is 7.09. The summed E-state index contributed by atoms with van der Waals surface area (Å²) in [6, 6.07) is 0.352. The molecule has 0 aromatic rings. The summed E-state index contributed by atoms with van der Waals surface area (Å²) in [5, 5.41) is 0. The molecule has 1 saturated carbocycles. The van der Waals surface area contributed by atoms with Crippen molar-refractivity contribution in [2.24, 2.45) is 5.73 Å². The highest BCUT2D eigenvalue weighted by Gasteiger charge is 2.28. The minimum Gasteiger partial charge on any atom is -0.372 e. The van der Waals surface area contributed by atoms with Crippen molar-refractivity contribution in [1.29, 1.82) is 0 Å². The van der Waals surface area contributed by atoms with E-state index in [-0.39, 0.29) is 31.0 Å². The van der Waals surface area contributed by atoms with Gasteiger partial charge < -0.3 is 15.4 Å². The van der Waals surface area contributed by atoms with Gasteiger partial charge in [-0.2, -0.15) is 13.2 Å². The number of nitrogens with two attached hydrogens (primary N) is 1. The number of hydrogen-bond donors (Lipinski definition) is 1. The van der Waals surface area contributed by atoms with Gasteiger partial charge in [-0.05, 0) is 25.7 Å². The van der Waals surface area contributed by atoms with Gasteiger partial charge in [0.15, 0.2) is 0 Å². The van der Waals surface area contributed by atoms with Crippen LogP contribution in [-0.2, 0) is 9.53 Å². The maximum Gasteiger partial charge on any atom is 0.411 e. The maximum absolute atomic E-state index is 11.8. The fourth-order valence-corrected chi connectivity index (χ4v) is 2.22. The Hall–Kier alpha value is -0.820. The van der Waals surface area contributed by atoms with Crippen LogP contribution >= 0.6 is 0 Å². The highest BCUT2D eigenvalue weighted by atomic mass is 19.4. The monoisotopic (exact) mass is 282 g/mol. The second-order valence-electron chi connectivity index (χ2n) is 4.99. The Bertz CT molecular complexity index is 289. The zero-order valence-corrected chi connectivity index (χ0v) is 11.1. The predicted molar refractivity (Wildman–Crippen MR) is 64.5 cm³/mol. The molecule has 0 aromatic carbocycles. The molecule has 4 nitrogen and oxygen atoms in total. The van der Waals surface area contributed by atoms with Crippen LogP contribution in [0.5, 0.6) is 0 Å². The minimum atomic E-state index is -4.34. The third-order valence-electron chi connectivity index (χ3n) is 3.41. The van der Waals surface area contributed by atoms with Crippen molar-refractivity contribution in [3.63, 3.8) is 0 Å². The van der Waals surface area contributed by atoms with Crippen LogP contribution in [0.1, 0.15) is 32.1 Å². The lowest BCUT2D eigenvalue weighted by molar-refractivity contribution is -0.175. The van der Waals surface area contributed by atoms with Gasteiger partial charge in [0.2, 0.25) is 5.91 Å². The van der Waals surface area contributed by atoms with Crippen molar-refractivity contribution >= 4 is 5.91 Å². The van der Waals surface area contributed by atoms with Crippen LogP contribution in [0.2, 0.25) is 0 Å². The van der Waals surface area contributed by atoms with E-state index in [9.17, 15) is 18.0 Å². The van der Waals surface area contributed by atoms with Crippen molar-refractivity contribution in [1.82, 2.24) is 4.90 Å². The van der Waals surface area contributed by atoms with Gasteiger partial charge in [-0.3, -0.25) is 4.79 Å². The summed E-state index contributed by atoms with van der Waals surface area (Å²) in [7, 11) is 1.69. The van der Waals surface area contributed by atoms with E-state index < -0.39 is 12.8 Å². The van der Waals surface area contributed by atoms with Crippen LogP contribution in [0.4, 0.5) is 13.2 Å². The van der Waals surface area contributed by atoms with E-state index in [4.69, 9.17) is 5.73 Å². The van der Waals surface area contributed by atoms with Crippen molar-refractivity contribution in [3.05, 3.63) is 0 Å². The van der Waals surface area contributed by atoms with E-state index in [2.05, 4.69) is 4.74 Å². The molecular formula is C12H21F3N2O2. The smallest absolute Gasteiger partial charge is 0.372 e. The van der Waals surface area contributed by atoms with E-state index in [0.29, 0.717) is 0 Å². The topological polar surface area (TPSA) is 55.6 Å². The van der Waals surface area contributed by atoms with Gasteiger partial charge in [0.1, 0.15) is 6.61 Å². The molecule has 1 aliphatic carbocycles. The normalized spacial score (nSPS) is 24.3. The Balaban J connectivity index is 2.21. The molecule has 1 fully saturated rings. The summed E-state index contributed by atoms with van der Waals surface area (Å²) >= 11 is 0. The lowest BCUT2D eigenvalue weighted by Gasteiger charge is -2.33. The molecule has 19 heavy (non-hydrogen) atoms. The molecule has 0 bridgehead atoms. The number of alkyl halides is 3. The number of halogens is 3. The van der Waals surface area contributed by atoms with E-state index in [1.165, 1.54) is 0 Å². The number of nitrogens with zero attached hydrogens (tertiary/aromatic N) is 1. The van der Waals surface area contributed by atoms with Gasteiger partial charge in [0.05, 0.1) is 13.0 Å². The molecule has 1 amide bonds. The van der Waals surface area contributed by atoms with E-state index in [1.807, 2.05) is 0 Å². The van der Waals surface area contributed by atoms with Crippen LogP contribution in [0.25, 0.3) is 0 Å². The number of carbonyl (C=O) groups is 1. The minimum absolute atomic E-state index is 0.0187. The first-order valence-electron chi connectivity index (χ1n) is 6.45. The van der Waals surface area contributed by atoms with E-state index in [1.54, 1.807) is 11.9 Å². The highest BCUT2D eigenvalue weighted by molar-refractivity contribution is 5.76. The average molecular weight is 282 g/mol. The number of hydrogen-bond acceptors (Lipinski definition) is 3. The molecule has 0 aromatic heterocycles.